The van der Waals surface area contributed by atoms with Crippen molar-refractivity contribution in [1.29, 1.82) is 0 Å². The normalized spacial score (nSPS) is 24.9. The van der Waals surface area contributed by atoms with Gasteiger partial charge in [-0.15, -0.1) is 0 Å². The number of halogens is 1. The molecular weight excluding hydrogens is 622 g/mol. The fraction of sp³-hybridized carbons (Fsp3) is 0.517. The third-order valence-electron chi connectivity index (χ3n) is 6.39. The predicted molar refractivity (Wildman–Crippen MR) is 162 cm³/mol. The molecule has 1 aliphatic carbocycles. The number of hydrogen-bond donors (Lipinski definition) is 1. The van der Waals surface area contributed by atoms with Crippen LogP contribution in [0.25, 0.3) is 0 Å². The Morgan fingerprint density at radius 1 is 0.930 bits per heavy atom. The Morgan fingerprint density at radius 2 is 1.49 bits per heavy atom. The van der Waals surface area contributed by atoms with E-state index in [0.29, 0.717) is 22.8 Å². The number of ether oxygens (including phenoxy) is 5. The maximum absolute atomic E-state index is 13.5. The molecule has 1 aromatic rings. The van der Waals surface area contributed by atoms with E-state index in [-0.39, 0.29) is 34.0 Å². The highest BCUT2D eigenvalue weighted by Crippen LogP contribution is 2.42. The average molecular weight is 656 g/mol. The minimum atomic E-state index is -1.35. The molecule has 0 aromatic heterocycles. The molecule has 0 radical (unpaired) electrons. The molecule has 0 unspecified atom stereocenters. The summed E-state index contributed by atoms with van der Waals surface area (Å²) in [5, 5.41) is 3.85. The van der Waals surface area contributed by atoms with Crippen LogP contribution < -0.4 is 5.32 Å². The highest BCUT2D eigenvalue weighted by Gasteiger charge is 2.53. The molecule has 0 amide bonds. The number of thiocarbonyl (C=S) groups is 1. The summed E-state index contributed by atoms with van der Waals surface area (Å²) in [6.45, 7) is 8.19. The minimum Gasteiger partial charge on any atom is -0.463 e. The van der Waals surface area contributed by atoms with Crippen molar-refractivity contribution >= 4 is 75.1 Å². The zero-order valence-corrected chi connectivity index (χ0v) is 27.0. The first-order valence-corrected chi connectivity index (χ1v) is 15.0. The van der Waals surface area contributed by atoms with Gasteiger partial charge in [0.25, 0.3) is 0 Å². The molecule has 1 N–H and O–H groups in total. The number of rotatable bonds is 9. The lowest BCUT2D eigenvalue weighted by Gasteiger charge is -2.44. The Morgan fingerprint density at radius 3 is 2.05 bits per heavy atom. The van der Waals surface area contributed by atoms with Crippen molar-refractivity contribution in [3.8, 4) is 0 Å². The zero-order valence-electron chi connectivity index (χ0n) is 24.6. The van der Waals surface area contributed by atoms with Crippen molar-refractivity contribution in [1.82, 2.24) is 0 Å². The standard InChI is InChI=1S/C29H34ClNO10S2/c1-14(32)37-13-22-24(38-15(2)33)25(39-16(3)34)26(40-17(4)35)27(41-22)43-28(42)23-20(11-29(5,6)12-21(23)36)31-19-9-7-18(30)8-10-19/h7-10,22,24-27,31H,11-13H2,1-6H3/t22-,24-,25+,26+,27+/m0/s1. The molecule has 1 heterocycles. The van der Waals surface area contributed by atoms with Crippen molar-refractivity contribution in [2.45, 2.75) is 84.2 Å². The van der Waals surface area contributed by atoms with Gasteiger partial charge in [0.2, 0.25) is 0 Å². The van der Waals surface area contributed by atoms with Crippen LogP contribution in [0.15, 0.2) is 35.5 Å². The van der Waals surface area contributed by atoms with Gasteiger partial charge in [-0.05, 0) is 36.1 Å². The Bertz CT molecular complexity index is 1310. The fourth-order valence-electron chi connectivity index (χ4n) is 4.82. The van der Waals surface area contributed by atoms with Gasteiger partial charge in [-0.2, -0.15) is 0 Å². The number of allylic oxidation sites excluding steroid dienone is 1. The van der Waals surface area contributed by atoms with Crippen LogP contribution in [0.1, 0.15) is 54.4 Å². The number of carbonyl (C=O) groups is 5. The Labute approximate surface area is 264 Å². The van der Waals surface area contributed by atoms with Crippen molar-refractivity contribution in [2.75, 3.05) is 11.9 Å². The smallest absolute Gasteiger partial charge is 0.303 e. The molecule has 234 valence electrons. The largest absolute Gasteiger partial charge is 0.463 e. The quantitative estimate of drug-likeness (QED) is 0.226. The van der Waals surface area contributed by atoms with Crippen LogP contribution in [0, 0.1) is 5.41 Å². The molecular formula is C29H34ClNO10S2. The number of benzene rings is 1. The first-order chi connectivity index (χ1) is 20.1. The van der Waals surface area contributed by atoms with Gasteiger partial charge in [-0.3, -0.25) is 24.0 Å². The van der Waals surface area contributed by atoms with E-state index >= 15 is 0 Å². The monoisotopic (exact) mass is 655 g/mol. The lowest BCUT2D eigenvalue weighted by Crippen LogP contribution is -2.61. The van der Waals surface area contributed by atoms with Gasteiger partial charge >= 0.3 is 23.9 Å². The second-order valence-corrected chi connectivity index (χ2v) is 13.1. The molecule has 2 aliphatic rings. The van der Waals surface area contributed by atoms with Crippen LogP contribution in [0.3, 0.4) is 0 Å². The first kappa shape index (κ1) is 34.5. The van der Waals surface area contributed by atoms with E-state index in [1.54, 1.807) is 24.3 Å². The zero-order chi connectivity index (χ0) is 32.1. The van der Waals surface area contributed by atoms with E-state index in [1.165, 1.54) is 6.92 Å². The van der Waals surface area contributed by atoms with E-state index in [4.69, 9.17) is 47.5 Å². The molecule has 1 fully saturated rings. The van der Waals surface area contributed by atoms with E-state index in [9.17, 15) is 24.0 Å². The van der Waals surface area contributed by atoms with Crippen LogP contribution in [-0.4, -0.2) is 70.3 Å². The number of esters is 4. The second kappa shape index (κ2) is 14.7. The Hall–Kier alpha value is -3.00. The molecule has 1 aliphatic heterocycles. The number of ketones is 1. The topological polar surface area (TPSA) is 144 Å². The third-order valence-corrected chi connectivity index (χ3v) is 8.16. The van der Waals surface area contributed by atoms with Crippen molar-refractivity contribution < 1.29 is 47.7 Å². The first-order valence-electron chi connectivity index (χ1n) is 13.4. The summed E-state index contributed by atoms with van der Waals surface area (Å²) in [4.78, 5) is 61.4. The summed E-state index contributed by atoms with van der Waals surface area (Å²) in [6, 6.07) is 6.97. The highest BCUT2D eigenvalue weighted by molar-refractivity contribution is 8.24. The van der Waals surface area contributed by atoms with Gasteiger partial charge in [0.1, 0.15) is 18.1 Å². The van der Waals surface area contributed by atoms with E-state index in [2.05, 4.69) is 5.32 Å². The average Bonchev–Trinajstić information content (AvgIpc) is 2.86. The summed E-state index contributed by atoms with van der Waals surface area (Å²) in [5.74, 6) is -3.05. The number of anilines is 1. The van der Waals surface area contributed by atoms with Gasteiger partial charge in [-0.1, -0.05) is 49.4 Å². The van der Waals surface area contributed by atoms with Crippen LogP contribution in [0.5, 0.6) is 0 Å². The molecule has 0 saturated carbocycles. The summed E-state index contributed by atoms with van der Waals surface area (Å²) >= 11 is 12.7. The highest BCUT2D eigenvalue weighted by atomic mass is 35.5. The molecule has 5 atom stereocenters. The van der Waals surface area contributed by atoms with Gasteiger partial charge in [0, 0.05) is 50.5 Å². The molecule has 43 heavy (non-hydrogen) atoms. The minimum absolute atomic E-state index is 0.137. The molecule has 1 saturated heterocycles. The summed E-state index contributed by atoms with van der Waals surface area (Å²) in [7, 11) is 0. The Balaban J connectivity index is 2.04. The van der Waals surface area contributed by atoms with E-state index < -0.39 is 53.7 Å². The summed E-state index contributed by atoms with van der Waals surface area (Å²) in [5.41, 5.74) is 0.0424. The van der Waals surface area contributed by atoms with Crippen molar-refractivity contribution in [3.05, 3.63) is 40.6 Å². The number of Topliss-reactive ketones (excluding diaryl/α,β-unsaturated/α-hetero) is 1. The van der Waals surface area contributed by atoms with Gasteiger partial charge in [-0.25, -0.2) is 0 Å². The summed E-state index contributed by atoms with van der Waals surface area (Å²) < 4.78 is 27.9. The maximum Gasteiger partial charge on any atom is 0.303 e. The number of carbonyl (C=O) groups excluding carboxylic acids is 5. The van der Waals surface area contributed by atoms with Crippen LogP contribution in [-0.2, 0) is 47.7 Å². The molecule has 0 bridgehead atoms. The molecule has 14 heteroatoms. The molecule has 0 spiro atoms. The lowest BCUT2D eigenvalue weighted by molar-refractivity contribution is -0.237. The van der Waals surface area contributed by atoms with Crippen LogP contribution >= 0.6 is 35.6 Å². The fourth-order valence-corrected chi connectivity index (χ4v) is 6.58. The number of thioether (sulfide) groups is 1. The van der Waals surface area contributed by atoms with Gasteiger partial charge in [0.15, 0.2) is 24.1 Å². The summed E-state index contributed by atoms with van der Waals surface area (Å²) in [6.07, 6.45) is -4.37. The predicted octanol–water partition coefficient (Wildman–Crippen LogP) is 4.54. The maximum atomic E-state index is 13.5. The Kier molecular flexibility index (Phi) is 11.8. The van der Waals surface area contributed by atoms with Crippen LogP contribution in [0.4, 0.5) is 5.69 Å². The van der Waals surface area contributed by atoms with Gasteiger partial charge < -0.3 is 29.0 Å². The van der Waals surface area contributed by atoms with Crippen molar-refractivity contribution in [3.63, 3.8) is 0 Å². The molecule has 3 rings (SSSR count). The number of nitrogens with one attached hydrogen (secondary N) is 1. The van der Waals surface area contributed by atoms with E-state index in [0.717, 1.165) is 32.5 Å². The second-order valence-electron chi connectivity index (χ2n) is 10.9. The lowest BCUT2D eigenvalue weighted by atomic mass is 9.76. The molecule has 1 aromatic carbocycles. The van der Waals surface area contributed by atoms with Gasteiger partial charge in [0.05, 0.1) is 9.77 Å². The number of hydrogen-bond acceptors (Lipinski definition) is 13. The van der Waals surface area contributed by atoms with E-state index in [1.807, 2.05) is 13.8 Å². The van der Waals surface area contributed by atoms with Crippen molar-refractivity contribution in [2.24, 2.45) is 5.41 Å². The third kappa shape index (κ3) is 9.75. The molecule has 11 nitrogen and oxygen atoms in total. The van der Waals surface area contributed by atoms with Crippen LogP contribution in [0.2, 0.25) is 5.02 Å². The SMILES string of the molecule is CC(=O)OC[C@@H]1O[C@H](SC(=S)C2=C(Nc3ccc(Cl)cc3)CC(C)(C)CC2=O)[C@H](OC(C)=O)[C@H](OC(C)=O)[C@H]1OC(C)=O.